The highest BCUT2D eigenvalue weighted by molar-refractivity contribution is 5.98. The van der Waals surface area contributed by atoms with Crippen molar-refractivity contribution in [1.82, 2.24) is 9.97 Å². The zero-order valence-corrected chi connectivity index (χ0v) is 19.3. The number of aromatic hydroxyl groups is 2. The van der Waals surface area contributed by atoms with E-state index in [1.165, 1.54) is 12.1 Å². The number of nitrogen functional groups attached to an aromatic ring is 1. The van der Waals surface area contributed by atoms with E-state index in [-0.39, 0.29) is 46.1 Å². The summed E-state index contributed by atoms with van der Waals surface area (Å²) in [5.41, 5.74) is 6.90. The largest absolute Gasteiger partial charge is 0.507 e. The lowest BCUT2D eigenvalue weighted by molar-refractivity contribution is -0.140. The third-order valence-electron chi connectivity index (χ3n) is 5.95. The number of carboxylic acids is 1. The molecule has 190 valence electrons. The second-order valence-electron chi connectivity index (χ2n) is 8.46. The summed E-state index contributed by atoms with van der Waals surface area (Å²) in [6.45, 7) is -0.435. The first-order valence-electron chi connectivity index (χ1n) is 11.1. The molecular weight excluding hydrogens is 483 g/mol. The molecule has 0 aliphatic heterocycles. The van der Waals surface area contributed by atoms with E-state index in [0.29, 0.717) is 16.6 Å². The van der Waals surface area contributed by atoms with Crippen LogP contribution in [-0.4, -0.2) is 54.6 Å². The van der Waals surface area contributed by atoms with Crippen molar-refractivity contribution >= 4 is 28.6 Å². The molecule has 0 saturated carbocycles. The van der Waals surface area contributed by atoms with E-state index in [1.807, 2.05) is 0 Å². The molecule has 3 aromatic carbocycles. The van der Waals surface area contributed by atoms with Gasteiger partial charge in [-0.15, -0.1) is 0 Å². The van der Waals surface area contributed by atoms with E-state index in [2.05, 4.69) is 9.97 Å². The van der Waals surface area contributed by atoms with Crippen molar-refractivity contribution in [3.63, 3.8) is 0 Å². The van der Waals surface area contributed by atoms with Crippen LogP contribution in [0.1, 0.15) is 29.9 Å². The summed E-state index contributed by atoms with van der Waals surface area (Å²) >= 11 is 0. The Morgan fingerprint density at radius 3 is 2.46 bits per heavy atom. The normalized spacial score (nSPS) is 11.9. The molecule has 0 fully saturated rings. The fourth-order valence-electron chi connectivity index (χ4n) is 4.07. The Hall–Kier alpha value is -4.77. The van der Waals surface area contributed by atoms with Crippen LogP contribution in [0.2, 0.25) is 0 Å². The highest BCUT2D eigenvalue weighted by atomic mass is 19.1. The molecule has 1 heterocycles. The molecule has 4 aromatic rings. The van der Waals surface area contributed by atoms with Gasteiger partial charge in [-0.05, 0) is 54.1 Å². The average molecular weight is 506 g/mol. The summed E-state index contributed by atoms with van der Waals surface area (Å²) < 4.78 is 14.1. The monoisotopic (exact) mass is 506 g/mol. The topological polar surface area (TPSA) is 194 Å². The van der Waals surface area contributed by atoms with Gasteiger partial charge in [-0.2, -0.15) is 0 Å². The third-order valence-corrected chi connectivity index (χ3v) is 5.95. The van der Waals surface area contributed by atoms with Crippen LogP contribution in [0.5, 0.6) is 11.5 Å². The summed E-state index contributed by atoms with van der Waals surface area (Å²) in [6.07, 6.45) is -0.662. The highest BCUT2D eigenvalue weighted by Crippen LogP contribution is 2.44. The van der Waals surface area contributed by atoms with Gasteiger partial charge in [-0.3, -0.25) is 15.0 Å². The summed E-state index contributed by atoms with van der Waals surface area (Å²) in [5.74, 6) is -4.69. The Morgan fingerprint density at radius 1 is 1.05 bits per heavy atom. The minimum Gasteiger partial charge on any atom is -0.507 e. The molecule has 0 amide bonds. The molecule has 0 radical (unpaired) electrons. The summed E-state index contributed by atoms with van der Waals surface area (Å²) in [6, 6.07) is 10.5. The number of nitrogens with zero attached hydrogens (tertiary/aromatic N) is 1. The number of fused-ring (bicyclic) bond motifs is 1. The molecule has 0 bridgehead atoms. The first-order valence-corrected chi connectivity index (χ1v) is 11.1. The van der Waals surface area contributed by atoms with Crippen LogP contribution >= 0.6 is 0 Å². The Kier molecular flexibility index (Phi) is 6.89. The van der Waals surface area contributed by atoms with Gasteiger partial charge in [0.1, 0.15) is 34.8 Å². The van der Waals surface area contributed by atoms with E-state index in [0.717, 1.165) is 18.2 Å². The lowest BCUT2D eigenvalue weighted by Crippen LogP contribution is -2.17. The van der Waals surface area contributed by atoms with Crippen molar-refractivity contribution in [2.45, 2.75) is 18.8 Å². The fourth-order valence-corrected chi connectivity index (χ4v) is 4.07. The van der Waals surface area contributed by atoms with Crippen molar-refractivity contribution in [1.29, 1.82) is 5.41 Å². The number of hydrogen-bond donors (Lipinski definition) is 7. The molecule has 1 unspecified atom stereocenters. The number of phenols is 2. The second-order valence-corrected chi connectivity index (χ2v) is 8.46. The van der Waals surface area contributed by atoms with Crippen molar-refractivity contribution in [3.05, 3.63) is 65.5 Å². The maximum atomic E-state index is 14.1. The van der Waals surface area contributed by atoms with Gasteiger partial charge < -0.3 is 31.1 Å². The molecular formula is C26H23FN4O6. The van der Waals surface area contributed by atoms with Crippen LogP contribution in [-0.2, 0) is 9.59 Å². The summed E-state index contributed by atoms with van der Waals surface area (Å²) in [4.78, 5) is 31.8. The zero-order chi connectivity index (χ0) is 26.9. The van der Waals surface area contributed by atoms with Crippen molar-refractivity contribution in [3.8, 4) is 34.0 Å². The number of carbonyl (C=O) groups is 2. The number of ketones is 1. The molecule has 1 atom stereocenters. The summed E-state index contributed by atoms with van der Waals surface area (Å²) in [7, 11) is 0. The molecule has 1 aromatic heterocycles. The predicted octanol–water partition coefficient (Wildman–Crippen LogP) is 3.24. The number of aromatic nitrogens is 2. The molecule has 11 heteroatoms. The van der Waals surface area contributed by atoms with E-state index in [1.54, 1.807) is 18.2 Å². The van der Waals surface area contributed by atoms with Gasteiger partial charge in [0.25, 0.3) is 0 Å². The number of benzene rings is 3. The molecule has 4 rings (SSSR count). The molecule has 10 nitrogen and oxygen atoms in total. The van der Waals surface area contributed by atoms with Gasteiger partial charge in [0, 0.05) is 36.1 Å². The lowest BCUT2D eigenvalue weighted by Gasteiger charge is -2.17. The maximum Gasteiger partial charge on any atom is 0.311 e. The van der Waals surface area contributed by atoms with E-state index in [9.17, 15) is 29.3 Å². The second kappa shape index (κ2) is 10.1. The Bertz CT molecular complexity index is 1550. The Morgan fingerprint density at radius 2 is 1.78 bits per heavy atom. The number of nitrogens with one attached hydrogen (secondary N) is 2. The number of amidine groups is 1. The van der Waals surface area contributed by atoms with Crippen molar-refractivity contribution in [2.24, 2.45) is 5.73 Å². The Labute approximate surface area is 209 Å². The molecule has 8 N–H and O–H groups in total. The van der Waals surface area contributed by atoms with E-state index < -0.39 is 42.3 Å². The minimum absolute atomic E-state index is 0.0394. The first-order chi connectivity index (χ1) is 17.6. The number of H-pyrrole nitrogens is 1. The smallest absolute Gasteiger partial charge is 0.311 e. The number of aromatic amines is 1. The SMILES string of the molecule is N=C(N)c1ccc2nc(-c3cc(C(CC(=O)CCO)C(=O)O)cc(-c4cc(F)ccc4O)c3O)[nH]c2c1. The average Bonchev–Trinajstić information content (AvgIpc) is 3.27. The molecule has 0 aliphatic carbocycles. The number of imidazole rings is 1. The van der Waals surface area contributed by atoms with Gasteiger partial charge >= 0.3 is 5.97 Å². The lowest BCUT2D eigenvalue weighted by atomic mass is 9.88. The van der Waals surface area contributed by atoms with Crippen LogP contribution in [0.15, 0.2) is 48.5 Å². The van der Waals surface area contributed by atoms with E-state index in [4.69, 9.17) is 16.2 Å². The predicted molar refractivity (Wildman–Crippen MR) is 133 cm³/mol. The van der Waals surface area contributed by atoms with Crippen molar-refractivity contribution in [2.75, 3.05) is 6.61 Å². The molecule has 0 saturated heterocycles. The summed E-state index contributed by atoms with van der Waals surface area (Å²) in [5, 5.41) is 48.2. The quantitative estimate of drug-likeness (QED) is 0.133. The van der Waals surface area contributed by atoms with Crippen LogP contribution in [0.4, 0.5) is 4.39 Å². The number of aliphatic hydroxyl groups excluding tert-OH is 1. The van der Waals surface area contributed by atoms with Crippen LogP contribution < -0.4 is 5.73 Å². The highest BCUT2D eigenvalue weighted by Gasteiger charge is 2.27. The fraction of sp³-hybridized carbons (Fsp3) is 0.154. The molecule has 37 heavy (non-hydrogen) atoms. The number of aliphatic carboxylic acids is 1. The van der Waals surface area contributed by atoms with Gasteiger partial charge in [0.15, 0.2) is 0 Å². The van der Waals surface area contributed by atoms with Gasteiger partial charge in [-0.25, -0.2) is 9.37 Å². The number of hydrogen-bond acceptors (Lipinski definition) is 7. The number of phenolic OH excluding ortho intramolecular Hbond substituents is 2. The van der Waals surface area contributed by atoms with Crippen molar-refractivity contribution < 1.29 is 34.4 Å². The zero-order valence-electron chi connectivity index (χ0n) is 19.3. The maximum absolute atomic E-state index is 14.1. The molecule has 0 aliphatic rings. The van der Waals surface area contributed by atoms with Gasteiger partial charge in [0.05, 0.1) is 22.5 Å². The number of halogens is 1. The minimum atomic E-state index is -1.36. The first kappa shape index (κ1) is 25.3. The Balaban J connectivity index is 1.96. The van der Waals surface area contributed by atoms with Crippen LogP contribution in [0.25, 0.3) is 33.5 Å². The van der Waals surface area contributed by atoms with Gasteiger partial charge in [0.2, 0.25) is 0 Å². The number of rotatable bonds is 9. The number of nitrogens with two attached hydrogens (primary N) is 1. The number of carbonyl (C=O) groups excluding carboxylic acids is 1. The number of carboxylic acid groups (broad SMARTS) is 1. The van der Waals surface area contributed by atoms with Gasteiger partial charge in [-0.1, -0.05) is 0 Å². The van der Waals surface area contributed by atoms with Crippen LogP contribution in [0, 0.1) is 11.2 Å². The molecule has 0 spiro atoms. The van der Waals surface area contributed by atoms with Crippen LogP contribution in [0.3, 0.4) is 0 Å². The number of Topliss-reactive ketones (excluding diaryl/α,β-unsaturated/α-hetero) is 1. The third kappa shape index (κ3) is 5.11. The number of aliphatic hydroxyl groups is 1. The van der Waals surface area contributed by atoms with E-state index >= 15 is 0 Å². The standard InChI is InChI=1S/C26H23FN4O6/c27-14-2-4-22(34)17(10-14)18-7-13(16(26(36)37)11-15(33)5-6-32)8-19(23(18)35)25-30-20-3-1-12(24(28)29)9-21(20)31-25/h1-4,7-10,16,32,34-35H,5-6,11H2,(H3,28,29)(H,30,31)(H,36,37).